The Kier molecular flexibility index (Phi) is 17.2. The van der Waals surface area contributed by atoms with Crippen LogP contribution in [0.5, 0.6) is 5.75 Å². The molecule has 3 aromatic carbocycles. The minimum Gasteiger partial charge on any atom is -0.508 e. The molecule has 0 bridgehead atoms. The number of anilines is 5. The molecule has 0 aliphatic heterocycles. The van der Waals surface area contributed by atoms with Gasteiger partial charge in [-0.3, -0.25) is 14.6 Å². The standard InChI is InChI=1S/C36H45N9O7/c1-37-15-19-49-23-24-50-21-17-39-33(48)28-7-9-29(10-8-28)41-35-43-34(44-36(45-35)42-30-11-13-31(46)14-12-30)40-18-22-52-26-25-51-20-16-38-32(47)27-5-3-2-4-6-27/h2-14,46H,1,15-26H2,(H,38,47)(H,39,48)(H3,40,41,42,43,44,45). The fraction of sp³-hybridized carbons (Fsp3) is 0.333. The minimum absolute atomic E-state index is 0.135. The summed E-state index contributed by atoms with van der Waals surface area (Å²) in [4.78, 5) is 41.8. The third-order valence-corrected chi connectivity index (χ3v) is 6.93. The van der Waals surface area contributed by atoms with E-state index in [2.05, 4.69) is 53.2 Å². The average molecular weight is 716 g/mol. The average Bonchev–Trinajstić information content (AvgIpc) is 3.16. The summed E-state index contributed by atoms with van der Waals surface area (Å²) in [5, 5.41) is 24.7. The normalized spacial score (nSPS) is 10.7. The molecule has 276 valence electrons. The summed E-state index contributed by atoms with van der Waals surface area (Å²) in [6.07, 6.45) is 0. The molecule has 4 rings (SSSR count). The van der Waals surface area contributed by atoms with Crippen LogP contribution in [0.4, 0.5) is 29.2 Å². The summed E-state index contributed by atoms with van der Waals surface area (Å²) in [7, 11) is 0. The predicted molar refractivity (Wildman–Crippen MR) is 198 cm³/mol. The number of nitrogens with one attached hydrogen (secondary N) is 5. The molecule has 0 spiro atoms. The number of phenols is 1. The van der Waals surface area contributed by atoms with Crippen LogP contribution in [-0.4, -0.2) is 118 Å². The SMILES string of the molecule is C=NCCOCCOCCNC(=O)c1ccc(Nc2nc(NCCOCCOCCNC(=O)c3ccccc3)nc(Nc3ccc(O)cc3)n2)cc1. The first-order valence-electron chi connectivity index (χ1n) is 16.8. The number of hydrogen-bond acceptors (Lipinski definition) is 14. The second-order valence-electron chi connectivity index (χ2n) is 10.9. The van der Waals surface area contributed by atoms with E-state index in [0.717, 1.165) is 0 Å². The molecule has 4 aromatic rings. The topological polar surface area (TPSA) is 202 Å². The van der Waals surface area contributed by atoms with Gasteiger partial charge in [-0.2, -0.15) is 15.0 Å². The molecule has 0 unspecified atom stereocenters. The fourth-order valence-electron chi connectivity index (χ4n) is 4.35. The molecule has 0 atom stereocenters. The maximum atomic E-state index is 12.6. The van der Waals surface area contributed by atoms with Crippen LogP contribution in [-0.2, 0) is 18.9 Å². The Labute approximate surface area is 302 Å². The highest BCUT2D eigenvalue weighted by Crippen LogP contribution is 2.21. The number of aliphatic imine (C=N–C) groups is 1. The molecular formula is C36H45N9O7. The minimum atomic E-state index is -0.225. The maximum Gasteiger partial charge on any atom is 0.251 e. The number of benzene rings is 3. The quantitative estimate of drug-likeness (QED) is 0.0332. The number of aromatic nitrogens is 3. The summed E-state index contributed by atoms with van der Waals surface area (Å²) >= 11 is 0. The fourth-order valence-corrected chi connectivity index (χ4v) is 4.35. The molecule has 16 heteroatoms. The summed E-state index contributed by atoms with van der Waals surface area (Å²) in [6.45, 7) is 8.35. The zero-order valence-corrected chi connectivity index (χ0v) is 28.9. The number of phenolic OH excluding ortho intramolecular Hbond substituents is 1. The first kappa shape index (κ1) is 39.1. The van der Waals surface area contributed by atoms with Gasteiger partial charge in [-0.15, -0.1) is 0 Å². The van der Waals surface area contributed by atoms with Crippen molar-refractivity contribution >= 4 is 47.8 Å². The first-order chi connectivity index (χ1) is 25.5. The highest BCUT2D eigenvalue weighted by Gasteiger charge is 2.10. The van der Waals surface area contributed by atoms with Gasteiger partial charge in [0.25, 0.3) is 11.8 Å². The second-order valence-corrected chi connectivity index (χ2v) is 10.9. The maximum absolute atomic E-state index is 12.6. The molecule has 6 N–H and O–H groups in total. The monoisotopic (exact) mass is 715 g/mol. The Bertz CT molecular complexity index is 1650. The lowest BCUT2D eigenvalue weighted by atomic mass is 10.2. The molecule has 0 aliphatic carbocycles. The highest BCUT2D eigenvalue weighted by atomic mass is 16.5. The van der Waals surface area contributed by atoms with Gasteiger partial charge in [0, 0.05) is 42.1 Å². The van der Waals surface area contributed by atoms with E-state index >= 15 is 0 Å². The summed E-state index contributed by atoms with van der Waals surface area (Å²) in [5.41, 5.74) is 2.41. The van der Waals surface area contributed by atoms with E-state index in [0.29, 0.717) is 107 Å². The van der Waals surface area contributed by atoms with Crippen LogP contribution in [0.3, 0.4) is 0 Å². The molecule has 16 nitrogen and oxygen atoms in total. The van der Waals surface area contributed by atoms with Crippen molar-refractivity contribution in [1.29, 1.82) is 0 Å². The lowest BCUT2D eigenvalue weighted by Gasteiger charge is -2.12. The van der Waals surface area contributed by atoms with Gasteiger partial charge in [-0.05, 0) is 67.4 Å². The Morgan fingerprint density at radius 1 is 0.577 bits per heavy atom. The van der Waals surface area contributed by atoms with Gasteiger partial charge >= 0.3 is 0 Å². The molecule has 2 amide bonds. The van der Waals surface area contributed by atoms with E-state index in [1.807, 2.05) is 18.2 Å². The Morgan fingerprint density at radius 3 is 1.58 bits per heavy atom. The molecular weight excluding hydrogens is 670 g/mol. The highest BCUT2D eigenvalue weighted by molar-refractivity contribution is 5.94. The van der Waals surface area contributed by atoms with E-state index in [1.54, 1.807) is 60.7 Å². The predicted octanol–water partition coefficient (Wildman–Crippen LogP) is 3.40. The zero-order chi connectivity index (χ0) is 36.6. The van der Waals surface area contributed by atoms with E-state index in [9.17, 15) is 14.7 Å². The second kappa shape index (κ2) is 22.9. The third kappa shape index (κ3) is 15.1. The smallest absolute Gasteiger partial charge is 0.251 e. The molecule has 1 aromatic heterocycles. The molecule has 52 heavy (non-hydrogen) atoms. The van der Waals surface area contributed by atoms with Crippen molar-refractivity contribution in [2.75, 3.05) is 95.0 Å². The molecule has 0 saturated carbocycles. The lowest BCUT2D eigenvalue weighted by Crippen LogP contribution is -2.27. The van der Waals surface area contributed by atoms with Crippen LogP contribution in [0.15, 0.2) is 83.9 Å². The van der Waals surface area contributed by atoms with Crippen molar-refractivity contribution < 1.29 is 33.6 Å². The Morgan fingerprint density at radius 2 is 1.04 bits per heavy atom. The van der Waals surface area contributed by atoms with E-state index in [1.165, 1.54) is 0 Å². The lowest BCUT2D eigenvalue weighted by molar-refractivity contribution is 0.0512. The van der Waals surface area contributed by atoms with Gasteiger partial charge in [0.1, 0.15) is 5.75 Å². The third-order valence-electron chi connectivity index (χ3n) is 6.93. The zero-order valence-electron chi connectivity index (χ0n) is 28.9. The van der Waals surface area contributed by atoms with Gasteiger partial charge in [0.15, 0.2) is 0 Å². The van der Waals surface area contributed by atoms with Crippen molar-refractivity contribution in [3.63, 3.8) is 0 Å². The summed E-state index contributed by atoms with van der Waals surface area (Å²) in [5.74, 6) is 0.583. The van der Waals surface area contributed by atoms with Crippen LogP contribution in [0.25, 0.3) is 0 Å². The van der Waals surface area contributed by atoms with Crippen molar-refractivity contribution in [1.82, 2.24) is 25.6 Å². The van der Waals surface area contributed by atoms with Crippen LogP contribution < -0.4 is 26.6 Å². The number of ether oxygens (including phenoxy) is 4. The number of carbonyl (C=O) groups excluding carboxylic acids is 2. The van der Waals surface area contributed by atoms with E-state index < -0.39 is 0 Å². The largest absolute Gasteiger partial charge is 0.508 e. The van der Waals surface area contributed by atoms with Crippen LogP contribution >= 0.6 is 0 Å². The first-order valence-corrected chi connectivity index (χ1v) is 16.8. The van der Waals surface area contributed by atoms with Crippen LogP contribution in [0.1, 0.15) is 20.7 Å². The molecule has 0 saturated heterocycles. The number of carbonyl (C=O) groups is 2. The van der Waals surface area contributed by atoms with Crippen molar-refractivity contribution in [3.05, 3.63) is 90.0 Å². The van der Waals surface area contributed by atoms with Gasteiger partial charge in [0.2, 0.25) is 17.8 Å². The summed E-state index contributed by atoms with van der Waals surface area (Å²) in [6, 6.07) is 22.4. The van der Waals surface area contributed by atoms with Gasteiger partial charge in [-0.25, -0.2) is 0 Å². The molecule has 0 aliphatic rings. The number of hydrogen-bond donors (Lipinski definition) is 6. The van der Waals surface area contributed by atoms with Crippen molar-refractivity contribution in [3.8, 4) is 5.75 Å². The van der Waals surface area contributed by atoms with Crippen LogP contribution in [0, 0.1) is 0 Å². The van der Waals surface area contributed by atoms with E-state index in [-0.39, 0.29) is 29.5 Å². The number of amides is 2. The summed E-state index contributed by atoms with van der Waals surface area (Å²) < 4.78 is 22.0. The molecule has 0 fully saturated rings. The number of rotatable bonds is 25. The molecule has 0 radical (unpaired) electrons. The van der Waals surface area contributed by atoms with Gasteiger partial charge in [0.05, 0.1) is 59.4 Å². The number of nitrogens with zero attached hydrogens (tertiary/aromatic N) is 4. The van der Waals surface area contributed by atoms with Gasteiger partial charge < -0.3 is 50.6 Å². The van der Waals surface area contributed by atoms with Gasteiger partial charge in [-0.1, -0.05) is 18.2 Å². The number of aromatic hydroxyl groups is 1. The van der Waals surface area contributed by atoms with Crippen LogP contribution in [0.2, 0.25) is 0 Å². The van der Waals surface area contributed by atoms with E-state index in [4.69, 9.17) is 18.9 Å². The Hall–Kier alpha value is -5.68. The molecule has 1 heterocycles. The van der Waals surface area contributed by atoms with Crippen molar-refractivity contribution in [2.45, 2.75) is 0 Å². The Balaban J connectivity index is 1.20. The van der Waals surface area contributed by atoms with Crippen molar-refractivity contribution in [2.24, 2.45) is 4.99 Å².